The van der Waals surface area contributed by atoms with Gasteiger partial charge in [-0.2, -0.15) is 0 Å². The Bertz CT molecular complexity index is 824. The highest BCUT2D eigenvalue weighted by molar-refractivity contribution is 6.31. The Morgan fingerprint density at radius 1 is 1.14 bits per heavy atom. The molecule has 4 unspecified atom stereocenters. The van der Waals surface area contributed by atoms with E-state index in [0.717, 1.165) is 24.1 Å². The molecule has 3 N–H and O–H groups in total. The monoisotopic (exact) mass is 419 g/mol. The van der Waals surface area contributed by atoms with Crippen LogP contribution in [0.4, 0.5) is 5.69 Å². The van der Waals surface area contributed by atoms with E-state index in [1.54, 1.807) is 7.05 Å². The van der Waals surface area contributed by atoms with Crippen molar-refractivity contribution in [2.75, 3.05) is 12.4 Å². The molecular weight excluding hydrogens is 386 g/mol. The van der Waals surface area contributed by atoms with Crippen molar-refractivity contribution in [1.82, 2.24) is 10.6 Å². The first-order valence-electron chi connectivity index (χ1n) is 10.4. The molecule has 0 aliphatic carbocycles. The van der Waals surface area contributed by atoms with Crippen LogP contribution in [0.15, 0.2) is 18.2 Å². The number of carbonyl (C=O) groups is 2. The van der Waals surface area contributed by atoms with Gasteiger partial charge in [-0.05, 0) is 41.4 Å². The third-order valence-electron chi connectivity index (χ3n) is 6.15. The number of anilines is 1. The number of hydrogen-bond acceptors (Lipinski definition) is 3. The molecule has 1 saturated heterocycles. The van der Waals surface area contributed by atoms with Crippen LogP contribution in [-0.2, 0) is 15.0 Å². The Hall–Kier alpha value is -1.59. The van der Waals surface area contributed by atoms with Crippen molar-refractivity contribution in [2.24, 2.45) is 16.7 Å². The van der Waals surface area contributed by atoms with Crippen molar-refractivity contribution in [3.63, 3.8) is 0 Å². The van der Waals surface area contributed by atoms with Gasteiger partial charge in [-0.25, -0.2) is 0 Å². The average Bonchev–Trinajstić information content (AvgIpc) is 3.01. The smallest absolute Gasteiger partial charge is 0.237 e. The second-order valence-corrected chi connectivity index (χ2v) is 11.4. The first kappa shape index (κ1) is 22.1. The summed E-state index contributed by atoms with van der Waals surface area (Å²) in [5.41, 5.74) is 0.855. The van der Waals surface area contributed by atoms with Gasteiger partial charge in [-0.15, -0.1) is 0 Å². The van der Waals surface area contributed by atoms with Crippen LogP contribution in [0.3, 0.4) is 0 Å². The molecule has 1 spiro atoms. The van der Waals surface area contributed by atoms with Gasteiger partial charge in [0.2, 0.25) is 11.8 Å². The van der Waals surface area contributed by atoms with Gasteiger partial charge in [0.15, 0.2) is 0 Å². The molecule has 0 saturated carbocycles. The molecular formula is C23H34ClN3O2. The Morgan fingerprint density at radius 2 is 1.76 bits per heavy atom. The SMILES string of the molecule is CNC(=O)C1NC(CC(C)(C)C)C2(C(=O)Nc3cc(Cl)ccc32)C1CC(C)(C)C. The minimum Gasteiger partial charge on any atom is -0.358 e. The van der Waals surface area contributed by atoms with Gasteiger partial charge >= 0.3 is 0 Å². The lowest BCUT2D eigenvalue weighted by atomic mass is 9.61. The zero-order valence-electron chi connectivity index (χ0n) is 18.6. The van der Waals surface area contributed by atoms with Gasteiger partial charge in [0, 0.05) is 29.7 Å². The molecule has 29 heavy (non-hydrogen) atoms. The van der Waals surface area contributed by atoms with Crippen LogP contribution < -0.4 is 16.0 Å². The lowest BCUT2D eigenvalue weighted by Crippen LogP contribution is -2.51. The summed E-state index contributed by atoms with van der Waals surface area (Å²) in [5, 5.41) is 10.1. The second-order valence-electron chi connectivity index (χ2n) is 11.0. The van der Waals surface area contributed by atoms with Crippen molar-refractivity contribution in [2.45, 2.75) is 71.9 Å². The molecule has 6 heteroatoms. The number of likely N-dealkylation sites (N-methyl/N-ethyl adjacent to an activating group) is 1. The van der Waals surface area contributed by atoms with Crippen LogP contribution in [0.2, 0.25) is 5.02 Å². The highest BCUT2D eigenvalue weighted by atomic mass is 35.5. The van der Waals surface area contributed by atoms with Gasteiger partial charge in [-0.3, -0.25) is 9.59 Å². The Labute approximate surface area is 179 Å². The molecule has 0 bridgehead atoms. The summed E-state index contributed by atoms with van der Waals surface area (Å²) in [5.74, 6) is -0.264. The highest BCUT2D eigenvalue weighted by Gasteiger charge is 2.65. The van der Waals surface area contributed by atoms with Crippen LogP contribution in [-0.4, -0.2) is 30.9 Å². The van der Waals surface area contributed by atoms with Crippen LogP contribution in [0, 0.1) is 16.7 Å². The number of amides is 2. The summed E-state index contributed by atoms with van der Waals surface area (Å²) >= 11 is 6.22. The standard InChI is InChI=1S/C23H34ClN3O2/c1-21(2,3)11-15-18(19(28)25-7)27-17(12-22(4,5)6)23(15)14-9-8-13(24)10-16(14)26-20(23)29/h8-10,15,17-18,27H,11-12H2,1-7H3,(H,25,28)(H,26,29). The molecule has 2 aliphatic rings. The normalized spacial score (nSPS) is 29.1. The predicted octanol–water partition coefficient (Wildman–Crippen LogP) is 4.10. The van der Waals surface area contributed by atoms with Crippen molar-refractivity contribution < 1.29 is 9.59 Å². The van der Waals surface area contributed by atoms with Gasteiger partial charge in [0.1, 0.15) is 0 Å². The van der Waals surface area contributed by atoms with Crippen LogP contribution in [0.1, 0.15) is 59.9 Å². The third kappa shape index (κ3) is 3.91. The summed E-state index contributed by atoms with van der Waals surface area (Å²) < 4.78 is 0. The van der Waals surface area contributed by atoms with Crippen molar-refractivity contribution in [1.29, 1.82) is 0 Å². The molecule has 160 valence electrons. The molecule has 0 aromatic heterocycles. The molecule has 1 aromatic rings. The fraction of sp³-hybridized carbons (Fsp3) is 0.652. The van der Waals surface area contributed by atoms with E-state index in [2.05, 4.69) is 57.5 Å². The molecule has 2 aliphatic heterocycles. The van der Waals surface area contributed by atoms with Gasteiger partial charge < -0.3 is 16.0 Å². The largest absolute Gasteiger partial charge is 0.358 e. The molecule has 3 rings (SSSR count). The summed E-state index contributed by atoms with van der Waals surface area (Å²) in [6, 6.07) is 5.05. The lowest BCUT2D eigenvalue weighted by molar-refractivity contribution is -0.125. The first-order valence-corrected chi connectivity index (χ1v) is 10.8. The van der Waals surface area contributed by atoms with Crippen LogP contribution in [0.25, 0.3) is 0 Å². The number of halogens is 1. The molecule has 4 atom stereocenters. The van der Waals surface area contributed by atoms with Crippen molar-refractivity contribution in [3.05, 3.63) is 28.8 Å². The Kier molecular flexibility index (Phi) is 5.55. The fourth-order valence-corrected chi connectivity index (χ4v) is 5.39. The van der Waals surface area contributed by atoms with E-state index >= 15 is 0 Å². The maximum Gasteiger partial charge on any atom is 0.237 e. The van der Waals surface area contributed by atoms with Crippen molar-refractivity contribution >= 4 is 29.1 Å². The summed E-state index contributed by atoms with van der Waals surface area (Å²) in [6.07, 6.45) is 1.52. The second kappa shape index (κ2) is 7.28. The minimum absolute atomic E-state index is 0.00993. The molecule has 2 amide bonds. The third-order valence-corrected chi connectivity index (χ3v) is 6.38. The summed E-state index contributed by atoms with van der Waals surface area (Å²) in [6.45, 7) is 13.0. The van der Waals surface area contributed by atoms with E-state index in [9.17, 15) is 9.59 Å². The molecule has 0 radical (unpaired) electrons. The highest BCUT2D eigenvalue weighted by Crippen LogP contribution is 2.55. The van der Waals surface area contributed by atoms with Crippen molar-refractivity contribution in [3.8, 4) is 0 Å². The molecule has 2 heterocycles. The van der Waals surface area contributed by atoms with Gasteiger partial charge in [-0.1, -0.05) is 59.2 Å². The molecule has 5 nitrogen and oxygen atoms in total. The van der Waals surface area contributed by atoms with Gasteiger partial charge in [0.05, 0.1) is 11.5 Å². The number of carbonyl (C=O) groups excluding carboxylic acids is 2. The van der Waals surface area contributed by atoms with E-state index in [1.807, 2.05) is 18.2 Å². The summed E-state index contributed by atoms with van der Waals surface area (Å²) in [7, 11) is 1.66. The first-order chi connectivity index (χ1) is 13.3. The van der Waals surface area contributed by atoms with E-state index < -0.39 is 11.5 Å². The number of hydrogen-bond donors (Lipinski definition) is 3. The number of nitrogens with one attached hydrogen (secondary N) is 3. The number of rotatable bonds is 3. The number of fused-ring (bicyclic) bond motifs is 2. The maximum atomic E-state index is 13.7. The Morgan fingerprint density at radius 3 is 2.31 bits per heavy atom. The van der Waals surface area contributed by atoms with E-state index in [-0.39, 0.29) is 34.6 Å². The summed E-state index contributed by atoms with van der Waals surface area (Å²) in [4.78, 5) is 26.6. The lowest BCUT2D eigenvalue weighted by Gasteiger charge is -2.39. The quantitative estimate of drug-likeness (QED) is 0.690. The minimum atomic E-state index is -0.808. The molecule has 1 aromatic carbocycles. The topological polar surface area (TPSA) is 70.2 Å². The zero-order chi connectivity index (χ0) is 21.8. The van der Waals surface area contributed by atoms with E-state index in [1.165, 1.54) is 0 Å². The molecule has 1 fully saturated rings. The maximum absolute atomic E-state index is 13.7. The predicted molar refractivity (Wildman–Crippen MR) is 118 cm³/mol. The fourth-order valence-electron chi connectivity index (χ4n) is 5.21. The zero-order valence-corrected chi connectivity index (χ0v) is 19.3. The van der Waals surface area contributed by atoms with Gasteiger partial charge in [0.25, 0.3) is 0 Å². The van der Waals surface area contributed by atoms with Crippen LogP contribution in [0.5, 0.6) is 0 Å². The van der Waals surface area contributed by atoms with E-state index in [4.69, 9.17) is 11.6 Å². The Balaban J connectivity index is 2.24. The van der Waals surface area contributed by atoms with Crippen LogP contribution >= 0.6 is 11.6 Å². The average molecular weight is 420 g/mol. The number of benzene rings is 1. The van der Waals surface area contributed by atoms with E-state index in [0.29, 0.717) is 5.02 Å².